The van der Waals surface area contributed by atoms with Gasteiger partial charge in [0.25, 0.3) is 0 Å². The number of halogens is 1. The Hall–Kier alpha value is -3.66. The predicted octanol–water partition coefficient (Wildman–Crippen LogP) is 2.09. The zero-order chi connectivity index (χ0) is 24.1. The Morgan fingerprint density at radius 1 is 1.15 bits per heavy atom. The summed E-state index contributed by atoms with van der Waals surface area (Å²) in [5.74, 6) is -0.943. The summed E-state index contributed by atoms with van der Waals surface area (Å²) >= 11 is 0. The highest BCUT2D eigenvalue weighted by molar-refractivity contribution is 5.90. The fourth-order valence-corrected chi connectivity index (χ4v) is 3.67. The summed E-state index contributed by atoms with van der Waals surface area (Å²) in [5, 5.41) is 2.59. The molecule has 34 heavy (non-hydrogen) atoms. The van der Waals surface area contributed by atoms with Crippen molar-refractivity contribution in [3.05, 3.63) is 59.9 Å². The van der Waals surface area contributed by atoms with Gasteiger partial charge in [-0.2, -0.15) is 0 Å². The van der Waals surface area contributed by atoms with Crippen LogP contribution in [0.2, 0.25) is 0 Å². The van der Waals surface area contributed by atoms with Gasteiger partial charge in [0.1, 0.15) is 18.8 Å². The molecule has 2 saturated heterocycles. The van der Waals surface area contributed by atoms with Gasteiger partial charge >= 0.3 is 6.09 Å². The highest BCUT2D eigenvalue weighted by Gasteiger charge is 2.34. The van der Waals surface area contributed by atoms with Crippen LogP contribution in [0.15, 0.2) is 48.5 Å². The van der Waals surface area contributed by atoms with E-state index in [0.29, 0.717) is 25.4 Å². The number of likely N-dealkylation sites (tertiary alicyclic amines) is 1. The van der Waals surface area contributed by atoms with E-state index in [-0.39, 0.29) is 43.4 Å². The van der Waals surface area contributed by atoms with Crippen molar-refractivity contribution in [3.63, 3.8) is 0 Å². The first kappa shape index (κ1) is 23.5. The topological polar surface area (TPSA) is 97.4 Å². The van der Waals surface area contributed by atoms with Crippen molar-refractivity contribution in [2.45, 2.75) is 25.7 Å². The van der Waals surface area contributed by atoms with Gasteiger partial charge < -0.3 is 24.4 Å². The minimum Gasteiger partial charge on any atom is -0.484 e. The van der Waals surface area contributed by atoms with E-state index in [1.807, 2.05) is 30.3 Å². The normalized spacial score (nSPS) is 17.8. The van der Waals surface area contributed by atoms with Gasteiger partial charge in [-0.1, -0.05) is 30.3 Å². The monoisotopic (exact) mass is 471 g/mol. The molecule has 10 heteroatoms. The van der Waals surface area contributed by atoms with E-state index in [0.717, 1.165) is 5.56 Å². The molecule has 2 fully saturated rings. The second-order valence-corrected chi connectivity index (χ2v) is 8.19. The fourth-order valence-electron chi connectivity index (χ4n) is 3.67. The summed E-state index contributed by atoms with van der Waals surface area (Å²) < 4.78 is 31.0. The number of carbonyl (C=O) groups excluding carboxylic acids is 3. The number of hydrogen-bond donors (Lipinski definition) is 1. The summed E-state index contributed by atoms with van der Waals surface area (Å²) in [6.07, 6.45) is -1.44. The molecule has 1 atom stereocenters. The van der Waals surface area contributed by atoms with Crippen molar-refractivity contribution in [1.29, 1.82) is 0 Å². The quantitative estimate of drug-likeness (QED) is 0.602. The number of anilines is 1. The third-order valence-corrected chi connectivity index (χ3v) is 5.51. The molecule has 9 nitrogen and oxygen atoms in total. The third kappa shape index (κ3) is 5.82. The maximum Gasteiger partial charge on any atom is 0.414 e. The van der Waals surface area contributed by atoms with Crippen molar-refractivity contribution in [1.82, 2.24) is 10.2 Å². The van der Waals surface area contributed by atoms with Crippen molar-refractivity contribution >= 4 is 23.6 Å². The Labute approximate surface area is 196 Å². The summed E-state index contributed by atoms with van der Waals surface area (Å²) in [6, 6.07) is 13.8. The van der Waals surface area contributed by atoms with Crippen LogP contribution in [0.1, 0.15) is 12.5 Å². The first-order chi connectivity index (χ1) is 16.4. The van der Waals surface area contributed by atoms with Crippen LogP contribution in [0.25, 0.3) is 0 Å². The van der Waals surface area contributed by atoms with Gasteiger partial charge in [0.2, 0.25) is 11.8 Å². The molecule has 0 unspecified atom stereocenters. The Kier molecular flexibility index (Phi) is 7.27. The van der Waals surface area contributed by atoms with Crippen LogP contribution in [-0.2, 0) is 25.7 Å². The Bertz CT molecular complexity index is 1040. The van der Waals surface area contributed by atoms with Crippen LogP contribution < -0.4 is 15.0 Å². The maximum absolute atomic E-state index is 14.6. The molecule has 2 heterocycles. The van der Waals surface area contributed by atoms with Crippen LogP contribution >= 0.6 is 0 Å². The van der Waals surface area contributed by atoms with E-state index >= 15 is 0 Å². The van der Waals surface area contributed by atoms with Gasteiger partial charge in [0.05, 0.1) is 38.5 Å². The number of rotatable bonds is 9. The van der Waals surface area contributed by atoms with Crippen molar-refractivity contribution in [2.24, 2.45) is 0 Å². The highest BCUT2D eigenvalue weighted by Crippen LogP contribution is 2.28. The Morgan fingerprint density at radius 2 is 1.91 bits per heavy atom. The molecule has 180 valence electrons. The molecule has 0 radical (unpaired) electrons. The number of benzene rings is 2. The number of hydrogen-bond acceptors (Lipinski definition) is 6. The van der Waals surface area contributed by atoms with Crippen LogP contribution in [-0.4, -0.2) is 67.8 Å². The van der Waals surface area contributed by atoms with E-state index in [4.69, 9.17) is 14.2 Å². The third-order valence-electron chi connectivity index (χ3n) is 5.51. The summed E-state index contributed by atoms with van der Waals surface area (Å²) in [5.41, 5.74) is 1.32. The van der Waals surface area contributed by atoms with Crippen LogP contribution in [0.4, 0.5) is 14.9 Å². The molecular formula is C24H26FN3O6. The fraction of sp³-hybridized carbons (Fsp3) is 0.375. The van der Waals surface area contributed by atoms with E-state index in [1.165, 1.54) is 24.0 Å². The SMILES string of the molecule is CC(=O)NC[C@H]1CN(c2ccc(OC3CN(C(=O)COCc4ccccc4)C3)c(F)c2)C(=O)O1. The van der Waals surface area contributed by atoms with Crippen LogP contribution in [0.3, 0.4) is 0 Å². The molecule has 0 spiro atoms. The van der Waals surface area contributed by atoms with Crippen molar-refractivity contribution in [3.8, 4) is 5.75 Å². The van der Waals surface area contributed by atoms with Crippen molar-refractivity contribution < 1.29 is 33.0 Å². The Balaban J connectivity index is 1.22. The minimum absolute atomic E-state index is 0.0282. The molecule has 0 saturated carbocycles. The number of nitrogens with zero attached hydrogens (tertiary/aromatic N) is 2. The zero-order valence-electron chi connectivity index (χ0n) is 18.7. The predicted molar refractivity (Wildman–Crippen MR) is 120 cm³/mol. The van der Waals surface area contributed by atoms with E-state index in [1.54, 1.807) is 11.0 Å². The van der Waals surface area contributed by atoms with Gasteiger partial charge in [-0.3, -0.25) is 14.5 Å². The molecule has 1 N–H and O–H groups in total. The molecule has 0 bridgehead atoms. The molecule has 2 aromatic rings. The lowest BCUT2D eigenvalue weighted by molar-refractivity contribution is -0.145. The van der Waals surface area contributed by atoms with Gasteiger partial charge in [-0.05, 0) is 17.7 Å². The Morgan fingerprint density at radius 3 is 2.62 bits per heavy atom. The number of carbonyl (C=O) groups is 3. The van der Waals surface area contributed by atoms with Gasteiger partial charge in [0.15, 0.2) is 11.6 Å². The summed E-state index contributed by atoms with van der Waals surface area (Å²) in [4.78, 5) is 38.2. The lowest BCUT2D eigenvalue weighted by Gasteiger charge is -2.39. The number of nitrogens with one attached hydrogen (secondary N) is 1. The average Bonchev–Trinajstić information content (AvgIpc) is 3.16. The molecule has 0 aromatic heterocycles. The zero-order valence-corrected chi connectivity index (χ0v) is 18.7. The largest absolute Gasteiger partial charge is 0.484 e. The average molecular weight is 471 g/mol. The standard InChI is InChI=1S/C24H26FN3O6/c1-16(29)26-10-19-13-28(24(31)34-19)18-7-8-22(21(25)9-18)33-20-11-27(12-20)23(30)15-32-14-17-5-3-2-4-6-17/h2-9,19-20H,10-15H2,1H3,(H,26,29)/t19-/m0/s1. The molecule has 4 rings (SSSR count). The first-order valence-electron chi connectivity index (χ1n) is 11.0. The van der Waals surface area contributed by atoms with Crippen molar-refractivity contribution in [2.75, 3.05) is 37.7 Å². The molecule has 2 aliphatic heterocycles. The summed E-state index contributed by atoms with van der Waals surface area (Å²) in [7, 11) is 0. The number of cyclic esters (lactones) is 1. The molecule has 0 aliphatic carbocycles. The molecule has 3 amide bonds. The summed E-state index contributed by atoms with van der Waals surface area (Å²) in [6.45, 7) is 2.78. The van der Waals surface area contributed by atoms with Gasteiger partial charge in [-0.15, -0.1) is 0 Å². The van der Waals surface area contributed by atoms with Gasteiger partial charge in [-0.25, -0.2) is 9.18 Å². The number of ether oxygens (including phenoxy) is 3. The molecule has 2 aliphatic rings. The van der Waals surface area contributed by atoms with E-state index < -0.39 is 18.0 Å². The lowest BCUT2D eigenvalue weighted by Crippen LogP contribution is -2.57. The second-order valence-electron chi connectivity index (χ2n) is 8.19. The second kappa shape index (κ2) is 10.5. The minimum atomic E-state index is -0.619. The highest BCUT2D eigenvalue weighted by atomic mass is 19.1. The van der Waals surface area contributed by atoms with E-state index in [9.17, 15) is 18.8 Å². The van der Waals surface area contributed by atoms with Crippen LogP contribution in [0, 0.1) is 5.82 Å². The van der Waals surface area contributed by atoms with E-state index in [2.05, 4.69) is 5.32 Å². The molecular weight excluding hydrogens is 445 g/mol. The smallest absolute Gasteiger partial charge is 0.414 e. The van der Waals surface area contributed by atoms with Crippen LogP contribution in [0.5, 0.6) is 5.75 Å². The lowest BCUT2D eigenvalue weighted by atomic mass is 10.1. The number of amides is 3. The maximum atomic E-state index is 14.6. The first-order valence-corrected chi connectivity index (χ1v) is 11.0. The molecule has 2 aromatic carbocycles. The van der Waals surface area contributed by atoms with Gasteiger partial charge in [0, 0.05) is 13.0 Å².